The number of benzene rings is 1. The highest BCUT2D eigenvalue weighted by atomic mass is 79.9. The number of halogens is 1. The molecule has 0 amide bonds. The predicted octanol–water partition coefficient (Wildman–Crippen LogP) is 2.56. The van der Waals surface area contributed by atoms with E-state index in [0.29, 0.717) is 0 Å². The molecule has 0 aliphatic rings. The number of aromatic nitrogens is 1. The van der Waals surface area contributed by atoms with Crippen molar-refractivity contribution in [2.45, 2.75) is 18.4 Å². The van der Waals surface area contributed by atoms with Gasteiger partial charge in [-0.1, -0.05) is 17.7 Å². The molecule has 2 rings (SSSR count). The predicted molar refractivity (Wildman–Crippen MR) is 73.7 cm³/mol. The first kappa shape index (κ1) is 13.3. The molecule has 4 nitrogen and oxygen atoms in total. The lowest BCUT2D eigenvalue weighted by Gasteiger charge is -2.06. The van der Waals surface area contributed by atoms with Crippen molar-refractivity contribution in [2.75, 3.05) is 0 Å². The molecule has 0 unspecified atom stereocenters. The molecule has 0 saturated carbocycles. The first-order valence-corrected chi connectivity index (χ1v) is 7.65. The van der Waals surface area contributed by atoms with Crippen LogP contribution in [0.1, 0.15) is 11.1 Å². The molecule has 1 heterocycles. The van der Waals surface area contributed by atoms with Gasteiger partial charge in [-0.3, -0.25) is 0 Å². The summed E-state index contributed by atoms with van der Waals surface area (Å²) in [7, 11) is -3.45. The van der Waals surface area contributed by atoms with Crippen LogP contribution in [-0.4, -0.2) is 13.4 Å². The van der Waals surface area contributed by atoms with Crippen LogP contribution in [0.15, 0.2) is 46.0 Å². The van der Waals surface area contributed by atoms with Crippen molar-refractivity contribution in [1.29, 1.82) is 0 Å². The maximum absolute atomic E-state index is 12.0. The number of H-pyrrole nitrogens is 1. The molecule has 0 saturated heterocycles. The Bertz CT molecular complexity index is 632. The van der Waals surface area contributed by atoms with Crippen LogP contribution in [-0.2, 0) is 16.6 Å². The third kappa shape index (κ3) is 3.01. The minimum absolute atomic E-state index is 0.250. The maximum Gasteiger partial charge on any atom is 0.240 e. The number of rotatable bonds is 4. The van der Waals surface area contributed by atoms with E-state index in [1.807, 2.05) is 13.0 Å². The summed E-state index contributed by atoms with van der Waals surface area (Å²) in [6.45, 7) is 2.17. The highest BCUT2D eigenvalue weighted by Gasteiger charge is 2.14. The van der Waals surface area contributed by atoms with Crippen molar-refractivity contribution in [2.24, 2.45) is 0 Å². The molecule has 6 heteroatoms. The van der Waals surface area contributed by atoms with Crippen LogP contribution in [0, 0.1) is 6.92 Å². The molecule has 2 N–H and O–H groups in total. The largest absolute Gasteiger partial charge is 0.356 e. The summed E-state index contributed by atoms with van der Waals surface area (Å²) < 4.78 is 27.4. The minimum atomic E-state index is -3.45. The van der Waals surface area contributed by atoms with Crippen LogP contribution in [0.25, 0.3) is 0 Å². The Labute approximate surface area is 115 Å². The lowest BCUT2D eigenvalue weighted by Crippen LogP contribution is -2.23. The molecule has 0 aliphatic carbocycles. The fourth-order valence-corrected chi connectivity index (χ4v) is 2.90. The van der Waals surface area contributed by atoms with Crippen LogP contribution in [0.2, 0.25) is 0 Å². The molecule has 1 aromatic carbocycles. The molecule has 0 spiro atoms. The Morgan fingerprint density at radius 3 is 2.44 bits per heavy atom. The summed E-state index contributed by atoms with van der Waals surface area (Å²) in [5.41, 5.74) is 1.90. The molecule has 0 aliphatic heterocycles. The van der Waals surface area contributed by atoms with E-state index in [2.05, 4.69) is 25.6 Å². The molecule has 0 radical (unpaired) electrons. The van der Waals surface area contributed by atoms with E-state index in [4.69, 9.17) is 0 Å². The number of aromatic amines is 1. The van der Waals surface area contributed by atoms with Gasteiger partial charge in [0.2, 0.25) is 10.0 Å². The second-order valence-corrected chi connectivity index (χ2v) is 6.51. The quantitative estimate of drug-likeness (QED) is 0.906. The fraction of sp³-hybridized carbons (Fsp3) is 0.167. The number of hydrogen-bond acceptors (Lipinski definition) is 2. The summed E-state index contributed by atoms with van der Waals surface area (Å²) in [6.07, 6.45) is 1.75. The van der Waals surface area contributed by atoms with Gasteiger partial charge in [0.15, 0.2) is 0 Å². The van der Waals surface area contributed by atoms with Crippen LogP contribution in [0.5, 0.6) is 0 Å². The topological polar surface area (TPSA) is 62.0 Å². The van der Waals surface area contributed by atoms with Crippen molar-refractivity contribution in [3.8, 4) is 0 Å². The molecule has 1 aromatic heterocycles. The number of sulfonamides is 1. The minimum Gasteiger partial charge on any atom is -0.356 e. The van der Waals surface area contributed by atoms with Gasteiger partial charge in [-0.2, -0.15) is 0 Å². The van der Waals surface area contributed by atoms with E-state index in [1.165, 1.54) is 0 Å². The molecule has 2 aromatic rings. The van der Waals surface area contributed by atoms with Gasteiger partial charge >= 0.3 is 0 Å². The third-order valence-electron chi connectivity index (χ3n) is 2.56. The second-order valence-electron chi connectivity index (χ2n) is 3.95. The van der Waals surface area contributed by atoms with Gasteiger partial charge in [0.25, 0.3) is 0 Å². The summed E-state index contributed by atoms with van der Waals surface area (Å²) >= 11 is 3.31. The van der Waals surface area contributed by atoms with E-state index in [1.54, 1.807) is 30.5 Å². The monoisotopic (exact) mass is 328 g/mol. The first-order valence-electron chi connectivity index (χ1n) is 5.37. The Kier molecular flexibility index (Phi) is 3.89. The lowest BCUT2D eigenvalue weighted by atomic mass is 10.2. The van der Waals surface area contributed by atoms with Crippen molar-refractivity contribution in [3.05, 3.63) is 52.3 Å². The van der Waals surface area contributed by atoms with Crippen molar-refractivity contribution < 1.29 is 8.42 Å². The smallest absolute Gasteiger partial charge is 0.240 e. The van der Waals surface area contributed by atoms with E-state index < -0.39 is 10.0 Å². The molecule has 0 fully saturated rings. The molecule has 0 atom stereocenters. The van der Waals surface area contributed by atoms with Crippen molar-refractivity contribution in [3.63, 3.8) is 0 Å². The lowest BCUT2D eigenvalue weighted by molar-refractivity contribution is 0.581. The average Bonchev–Trinajstić information content (AvgIpc) is 2.73. The summed E-state index contributed by atoms with van der Waals surface area (Å²) in [5, 5.41) is 0. The van der Waals surface area contributed by atoms with Gasteiger partial charge in [-0.15, -0.1) is 0 Å². The van der Waals surface area contributed by atoms with Gasteiger partial charge < -0.3 is 4.98 Å². The SMILES string of the molecule is Cc1ccc(S(=O)(=O)NCc2cc[nH]c2Br)cc1. The summed E-state index contributed by atoms with van der Waals surface area (Å²) in [4.78, 5) is 3.21. The standard InChI is InChI=1S/C12H13BrN2O2S/c1-9-2-4-11(5-3-9)18(16,17)15-8-10-6-7-14-12(10)13/h2-7,14-15H,8H2,1H3. The Morgan fingerprint density at radius 2 is 1.89 bits per heavy atom. The molecular formula is C12H13BrN2O2S. The third-order valence-corrected chi connectivity index (χ3v) is 4.72. The Hall–Kier alpha value is -1.11. The first-order chi connectivity index (χ1) is 8.49. The van der Waals surface area contributed by atoms with Crippen LogP contribution >= 0.6 is 15.9 Å². The van der Waals surface area contributed by atoms with Crippen molar-refractivity contribution >= 4 is 26.0 Å². The van der Waals surface area contributed by atoms with Crippen LogP contribution in [0.4, 0.5) is 0 Å². The molecule has 18 heavy (non-hydrogen) atoms. The van der Waals surface area contributed by atoms with E-state index >= 15 is 0 Å². The normalized spacial score (nSPS) is 11.7. The summed E-state index contributed by atoms with van der Waals surface area (Å²) in [6, 6.07) is 8.58. The van der Waals surface area contributed by atoms with E-state index in [9.17, 15) is 8.42 Å². The van der Waals surface area contributed by atoms with E-state index in [0.717, 1.165) is 15.7 Å². The zero-order valence-corrected chi connectivity index (χ0v) is 12.2. The fourth-order valence-electron chi connectivity index (χ4n) is 1.49. The molecule has 96 valence electrons. The highest BCUT2D eigenvalue weighted by Crippen LogP contribution is 2.15. The van der Waals surface area contributed by atoms with Gasteiger partial charge in [0.1, 0.15) is 0 Å². The van der Waals surface area contributed by atoms with Gasteiger partial charge in [0, 0.05) is 12.7 Å². The second kappa shape index (κ2) is 5.26. The molecular weight excluding hydrogens is 316 g/mol. The number of aryl methyl sites for hydroxylation is 1. The van der Waals surface area contributed by atoms with Crippen LogP contribution in [0.3, 0.4) is 0 Å². The number of nitrogens with one attached hydrogen (secondary N) is 2. The zero-order chi connectivity index (χ0) is 13.2. The maximum atomic E-state index is 12.0. The average molecular weight is 329 g/mol. The van der Waals surface area contributed by atoms with Gasteiger partial charge in [-0.25, -0.2) is 13.1 Å². The number of hydrogen-bond donors (Lipinski definition) is 2. The summed E-state index contributed by atoms with van der Waals surface area (Å²) in [5.74, 6) is 0. The van der Waals surface area contributed by atoms with E-state index in [-0.39, 0.29) is 11.4 Å². The Morgan fingerprint density at radius 1 is 1.22 bits per heavy atom. The highest BCUT2D eigenvalue weighted by molar-refractivity contribution is 9.10. The van der Waals surface area contributed by atoms with Crippen LogP contribution < -0.4 is 4.72 Å². The van der Waals surface area contributed by atoms with Crippen molar-refractivity contribution in [1.82, 2.24) is 9.71 Å². The molecule has 0 bridgehead atoms. The van der Waals surface area contributed by atoms with Gasteiger partial charge in [0.05, 0.1) is 9.50 Å². The zero-order valence-electron chi connectivity index (χ0n) is 9.77. The van der Waals surface area contributed by atoms with Gasteiger partial charge in [-0.05, 0) is 46.6 Å². The Balaban J connectivity index is 2.13.